The SMILES string of the molecule is NC(=O)C1Cc2ccccc2N1C(=O)/C=C\c1ccc2c(c1)OCO2. The number of anilines is 1. The first-order valence-corrected chi connectivity index (χ1v) is 7.91. The summed E-state index contributed by atoms with van der Waals surface area (Å²) < 4.78 is 10.6. The molecule has 2 N–H and O–H groups in total. The van der Waals surface area contributed by atoms with Gasteiger partial charge in [0.05, 0.1) is 0 Å². The molecule has 4 rings (SSSR count). The van der Waals surface area contributed by atoms with E-state index in [2.05, 4.69) is 0 Å². The van der Waals surface area contributed by atoms with Crippen molar-refractivity contribution in [2.24, 2.45) is 5.73 Å². The Morgan fingerprint density at radius 1 is 1.12 bits per heavy atom. The van der Waals surface area contributed by atoms with Crippen molar-refractivity contribution < 1.29 is 19.1 Å². The van der Waals surface area contributed by atoms with E-state index >= 15 is 0 Å². The summed E-state index contributed by atoms with van der Waals surface area (Å²) in [6.07, 6.45) is 3.56. The van der Waals surface area contributed by atoms with Crippen LogP contribution in [0.15, 0.2) is 48.5 Å². The Hall–Kier alpha value is -3.28. The molecule has 2 aromatic carbocycles. The Balaban J connectivity index is 1.60. The number of amides is 2. The first kappa shape index (κ1) is 15.3. The summed E-state index contributed by atoms with van der Waals surface area (Å²) in [5, 5.41) is 0. The molecular formula is C19H16N2O4. The molecule has 6 nitrogen and oxygen atoms in total. The number of nitrogens with two attached hydrogens (primary N) is 1. The molecule has 0 saturated carbocycles. The quantitative estimate of drug-likeness (QED) is 0.868. The fraction of sp³-hybridized carbons (Fsp3) is 0.158. The number of fused-ring (bicyclic) bond motifs is 2. The Morgan fingerprint density at radius 2 is 1.92 bits per heavy atom. The summed E-state index contributed by atoms with van der Waals surface area (Å²) in [7, 11) is 0. The molecule has 25 heavy (non-hydrogen) atoms. The van der Waals surface area contributed by atoms with Crippen LogP contribution in [0.4, 0.5) is 5.69 Å². The van der Waals surface area contributed by atoms with Crippen molar-refractivity contribution in [1.29, 1.82) is 0 Å². The maximum Gasteiger partial charge on any atom is 0.251 e. The summed E-state index contributed by atoms with van der Waals surface area (Å²) in [6.45, 7) is 0.201. The average molecular weight is 336 g/mol. The van der Waals surface area contributed by atoms with E-state index in [9.17, 15) is 9.59 Å². The minimum atomic E-state index is -0.661. The van der Waals surface area contributed by atoms with Crippen molar-refractivity contribution in [1.82, 2.24) is 0 Å². The van der Waals surface area contributed by atoms with Gasteiger partial charge in [-0.1, -0.05) is 24.3 Å². The zero-order valence-electron chi connectivity index (χ0n) is 13.3. The molecule has 0 aromatic heterocycles. The van der Waals surface area contributed by atoms with Crippen LogP contribution in [0, 0.1) is 0 Å². The lowest BCUT2D eigenvalue weighted by atomic mass is 10.1. The highest BCUT2D eigenvalue weighted by atomic mass is 16.7. The average Bonchev–Trinajstić information content (AvgIpc) is 3.23. The number of ether oxygens (including phenoxy) is 2. The second-order valence-corrected chi connectivity index (χ2v) is 5.91. The van der Waals surface area contributed by atoms with Crippen LogP contribution in [0.2, 0.25) is 0 Å². The van der Waals surface area contributed by atoms with Gasteiger partial charge >= 0.3 is 0 Å². The Bertz CT molecular complexity index is 891. The molecule has 2 aromatic rings. The largest absolute Gasteiger partial charge is 0.454 e. The van der Waals surface area contributed by atoms with Crippen LogP contribution in [0.3, 0.4) is 0 Å². The van der Waals surface area contributed by atoms with Gasteiger partial charge in [-0.3, -0.25) is 14.5 Å². The molecule has 1 atom stereocenters. The molecular weight excluding hydrogens is 320 g/mol. The van der Waals surface area contributed by atoms with Crippen LogP contribution >= 0.6 is 0 Å². The maximum atomic E-state index is 12.7. The Morgan fingerprint density at radius 3 is 2.76 bits per heavy atom. The second kappa shape index (κ2) is 5.98. The zero-order chi connectivity index (χ0) is 17.4. The van der Waals surface area contributed by atoms with Crippen molar-refractivity contribution in [2.75, 3.05) is 11.7 Å². The molecule has 2 aliphatic rings. The van der Waals surface area contributed by atoms with Crippen molar-refractivity contribution in [3.63, 3.8) is 0 Å². The fourth-order valence-corrected chi connectivity index (χ4v) is 3.15. The second-order valence-electron chi connectivity index (χ2n) is 5.91. The van der Waals surface area contributed by atoms with E-state index < -0.39 is 11.9 Å². The van der Waals surface area contributed by atoms with Crippen molar-refractivity contribution in [3.8, 4) is 11.5 Å². The van der Waals surface area contributed by atoms with Gasteiger partial charge in [-0.15, -0.1) is 0 Å². The van der Waals surface area contributed by atoms with Gasteiger partial charge in [-0.05, 0) is 35.4 Å². The van der Waals surface area contributed by atoms with E-state index in [4.69, 9.17) is 15.2 Å². The molecule has 126 valence electrons. The van der Waals surface area contributed by atoms with Gasteiger partial charge in [-0.2, -0.15) is 0 Å². The molecule has 0 bridgehead atoms. The van der Waals surface area contributed by atoms with Crippen molar-refractivity contribution >= 4 is 23.6 Å². The molecule has 0 fully saturated rings. The predicted molar refractivity (Wildman–Crippen MR) is 92.2 cm³/mol. The molecule has 0 aliphatic carbocycles. The van der Waals surface area contributed by atoms with E-state index in [0.29, 0.717) is 17.9 Å². The molecule has 2 amide bonds. The van der Waals surface area contributed by atoms with Crippen LogP contribution in [0.1, 0.15) is 11.1 Å². The van der Waals surface area contributed by atoms with Crippen LogP contribution < -0.4 is 20.1 Å². The highest BCUT2D eigenvalue weighted by Crippen LogP contribution is 2.34. The first-order valence-electron chi connectivity index (χ1n) is 7.91. The van der Waals surface area contributed by atoms with E-state index in [1.807, 2.05) is 30.3 Å². The van der Waals surface area contributed by atoms with Crippen molar-refractivity contribution in [2.45, 2.75) is 12.5 Å². The lowest BCUT2D eigenvalue weighted by Crippen LogP contribution is -2.45. The standard InChI is InChI=1S/C19H16N2O4/c20-19(23)15-10-13-3-1-2-4-14(13)21(15)18(22)8-6-12-5-7-16-17(9-12)25-11-24-16/h1-9,15H,10-11H2,(H2,20,23)/b8-6-. The number of para-hydroxylation sites is 1. The van der Waals surface area contributed by atoms with Gasteiger partial charge in [-0.25, -0.2) is 0 Å². The highest BCUT2D eigenvalue weighted by molar-refractivity contribution is 6.09. The van der Waals surface area contributed by atoms with Gasteiger partial charge in [0.15, 0.2) is 11.5 Å². The van der Waals surface area contributed by atoms with E-state index in [-0.39, 0.29) is 12.7 Å². The van der Waals surface area contributed by atoms with Gasteiger partial charge < -0.3 is 15.2 Å². The predicted octanol–water partition coefficient (Wildman–Crippen LogP) is 1.87. The summed E-state index contributed by atoms with van der Waals surface area (Å²) in [6, 6.07) is 12.2. The number of carbonyl (C=O) groups is 2. The molecule has 0 radical (unpaired) electrons. The third-order valence-corrected chi connectivity index (χ3v) is 4.36. The molecule has 6 heteroatoms. The molecule has 1 unspecified atom stereocenters. The normalized spacial score (nSPS) is 17.8. The smallest absolute Gasteiger partial charge is 0.251 e. The molecule has 2 aliphatic heterocycles. The van der Waals surface area contributed by atoms with Gasteiger partial charge in [0.1, 0.15) is 6.04 Å². The van der Waals surface area contributed by atoms with Crippen LogP contribution in [0.25, 0.3) is 6.08 Å². The third-order valence-electron chi connectivity index (χ3n) is 4.36. The lowest BCUT2D eigenvalue weighted by Gasteiger charge is -2.21. The third kappa shape index (κ3) is 2.71. The number of hydrogen-bond acceptors (Lipinski definition) is 4. The van der Waals surface area contributed by atoms with Crippen LogP contribution in [0.5, 0.6) is 11.5 Å². The summed E-state index contributed by atoms with van der Waals surface area (Å²) in [5.74, 6) is 0.536. The van der Waals surface area contributed by atoms with Gasteiger partial charge in [0.25, 0.3) is 5.91 Å². The van der Waals surface area contributed by atoms with Gasteiger partial charge in [0, 0.05) is 18.2 Å². The summed E-state index contributed by atoms with van der Waals surface area (Å²) >= 11 is 0. The van der Waals surface area contributed by atoms with E-state index in [0.717, 1.165) is 16.8 Å². The maximum absolute atomic E-state index is 12.7. The minimum Gasteiger partial charge on any atom is -0.454 e. The van der Waals surface area contributed by atoms with E-state index in [1.165, 1.54) is 11.0 Å². The van der Waals surface area contributed by atoms with Crippen LogP contribution in [-0.4, -0.2) is 24.6 Å². The monoisotopic (exact) mass is 336 g/mol. The number of benzene rings is 2. The molecule has 0 saturated heterocycles. The summed E-state index contributed by atoms with van der Waals surface area (Å²) in [5.41, 5.74) is 7.96. The topological polar surface area (TPSA) is 81.9 Å². The number of hydrogen-bond donors (Lipinski definition) is 1. The molecule has 2 heterocycles. The number of nitrogens with zero attached hydrogens (tertiary/aromatic N) is 1. The fourth-order valence-electron chi connectivity index (χ4n) is 3.15. The number of carbonyl (C=O) groups excluding carboxylic acids is 2. The summed E-state index contributed by atoms with van der Waals surface area (Å²) in [4.78, 5) is 25.9. The molecule has 0 spiro atoms. The minimum absolute atomic E-state index is 0.201. The highest BCUT2D eigenvalue weighted by Gasteiger charge is 2.36. The Labute approximate surface area is 144 Å². The number of primary amides is 1. The Kier molecular flexibility index (Phi) is 3.65. The van der Waals surface area contributed by atoms with Crippen LogP contribution in [-0.2, 0) is 16.0 Å². The number of rotatable bonds is 3. The van der Waals surface area contributed by atoms with Gasteiger partial charge in [0.2, 0.25) is 12.7 Å². The lowest BCUT2D eigenvalue weighted by molar-refractivity contribution is -0.122. The first-order chi connectivity index (χ1) is 12.1. The van der Waals surface area contributed by atoms with Crippen molar-refractivity contribution in [3.05, 3.63) is 59.7 Å². The zero-order valence-corrected chi connectivity index (χ0v) is 13.3. The van der Waals surface area contributed by atoms with E-state index in [1.54, 1.807) is 18.2 Å².